The van der Waals surface area contributed by atoms with Crippen LogP contribution in [0.15, 0.2) is 56.6 Å². The molecule has 0 fully saturated rings. The van der Waals surface area contributed by atoms with Crippen LogP contribution in [-0.2, 0) is 6.42 Å². The minimum atomic E-state index is 0.182. The van der Waals surface area contributed by atoms with Crippen LogP contribution in [0.5, 0.6) is 0 Å². The maximum atomic E-state index is 6.49. The van der Waals surface area contributed by atoms with Crippen molar-refractivity contribution in [1.82, 2.24) is 20.0 Å². The standard InChI is InChI=1S/C19H13BrCl2N4OS/c1-2-13-16(18-23-24-19(28)27-18)25-26(15-8-7-12(21)9-14(15)22)17(13)10-3-5-11(20)6-4-10/h3-9H,2H2,1H3,(H,24,28). The first-order chi connectivity index (χ1) is 13.5. The molecule has 0 amide bonds. The van der Waals surface area contributed by atoms with Gasteiger partial charge in [0.15, 0.2) is 5.69 Å². The van der Waals surface area contributed by atoms with E-state index in [4.69, 9.17) is 32.7 Å². The predicted octanol–water partition coefficient (Wildman–Crippen LogP) is 6.51. The molecule has 0 aliphatic rings. The van der Waals surface area contributed by atoms with Crippen LogP contribution in [0.25, 0.3) is 28.5 Å². The highest BCUT2D eigenvalue weighted by atomic mass is 79.9. The number of hydrogen-bond donors (Lipinski definition) is 1. The fraction of sp³-hybridized carbons (Fsp3) is 0.105. The van der Waals surface area contributed by atoms with Crippen LogP contribution < -0.4 is 0 Å². The molecular formula is C19H13BrCl2N4OS. The first-order valence-corrected chi connectivity index (χ1v) is 10.3. The molecule has 5 nitrogen and oxygen atoms in total. The predicted molar refractivity (Wildman–Crippen MR) is 117 cm³/mol. The van der Waals surface area contributed by atoms with Crippen molar-refractivity contribution in [3.8, 4) is 28.5 Å². The Morgan fingerprint density at radius 1 is 1.11 bits per heavy atom. The van der Waals surface area contributed by atoms with Crippen molar-refractivity contribution in [3.63, 3.8) is 0 Å². The van der Waals surface area contributed by atoms with Crippen LogP contribution in [0.4, 0.5) is 0 Å². The third-order valence-electron chi connectivity index (χ3n) is 4.21. The van der Waals surface area contributed by atoms with E-state index in [1.165, 1.54) is 0 Å². The number of nitrogens with zero attached hydrogens (tertiary/aromatic N) is 4. The van der Waals surface area contributed by atoms with Gasteiger partial charge < -0.3 is 4.42 Å². The highest BCUT2D eigenvalue weighted by Crippen LogP contribution is 2.37. The maximum Gasteiger partial charge on any atom is 0.273 e. The van der Waals surface area contributed by atoms with Gasteiger partial charge in [-0.25, -0.2) is 4.68 Å². The Kier molecular flexibility index (Phi) is 5.51. The number of aromatic nitrogens is 4. The normalized spacial score (nSPS) is 11.2. The van der Waals surface area contributed by atoms with Crippen LogP contribution >= 0.6 is 51.8 Å². The zero-order valence-electron chi connectivity index (χ0n) is 14.5. The zero-order chi connectivity index (χ0) is 19.8. The minimum Gasteiger partial charge on any atom is -0.410 e. The summed E-state index contributed by atoms with van der Waals surface area (Å²) in [7, 11) is 0. The average Bonchev–Trinajstić information content (AvgIpc) is 3.26. The lowest BCUT2D eigenvalue weighted by molar-refractivity contribution is 0.466. The number of halogens is 3. The van der Waals surface area contributed by atoms with Gasteiger partial charge >= 0.3 is 0 Å². The number of hydrogen-bond acceptors (Lipinski definition) is 5. The van der Waals surface area contributed by atoms with Gasteiger partial charge in [0.05, 0.1) is 16.4 Å². The van der Waals surface area contributed by atoms with Crippen molar-refractivity contribution in [2.24, 2.45) is 0 Å². The molecule has 9 heteroatoms. The SMILES string of the molecule is CCc1c(-c2nnc(S)o2)nn(-c2ccc(Cl)cc2Cl)c1-c1ccc(Br)cc1. The average molecular weight is 496 g/mol. The van der Waals surface area contributed by atoms with Crippen molar-refractivity contribution in [2.75, 3.05) is 0 Å². The lowest BCUT2D eigenvalue weighted by Gasteiger charge is -2.11. The van der Waals surface area contributed by atoms with Crippen molar-refractivity contribution in [2.45, 2.75) is 18.6 Å². The van der Waals surface area contributed by atoms with Gasteiger partial charge in [-0.1, -0.05) is 70.8 Å². The van der Waals surface area contributed by atoms with E-state index in [1.54, 1.807) is 16.8 Å². The monoisotopic (exact) mass is 494 g/mol. The van der Waals surface area contributed by atoms with Crippen LogP contribution in [0.3, 0.4) is 0 Å². The van der Waals surface area contributed by atoms with Crippen LogP contribution in [0, 0.1) is 0 Å². The van der Waals surface area contributed by atoms with Crippen LogP contribution in [0.2, 0.25) is 10.0 Å². The van der Waals surface area contributed by atoms with E-state index in [2.05, 4.69) is 45.7 Å². The summed E-state index contributed by atoms with van der Waals surface area (Å²) in [6.07, 6.45) is 0.705. The second-order valence-corrected chi connectivity index (χ2v) is 8.08. The van der Waals surface area contributed by atoms with Crippen molar-refractivity contribution >= 4 is 51.8 Å². The van der Waals surface area contributed by atoms with E-state index in [1.807, 2.05) is 30.3 Å². The molecule has 0 radical (unpaired) electrons. The molecule has 0 atom stereocenters. The van der Waals surface area contributed by atoms with E-state index in [0.717, 1.165) is 21.3 Å². The van der Waals surface area contributed by atoms with Crippen molar-refractivity contribution < 1.29 is 4.42 Å². The summed E-state index contributed by atoms with van der Waals surface area (Å²) in [4.78, 5) is 0. The molecule has 142 valence electrons. The van der Waals surface area contributed by atoms with E-state index < -0.39 is 0 Å². The number of rotatable bonds is 4. The van der Waals surface area contributed by atoms with Crippen LogP contribution in [0.1, 0.15) is 12.5 Å². The Bertz CT molecular complexity index is 1160. The molecular weight excluding hydrogens is 483 g/mol. The van der Waals surface area contributed by atoms with E-state index in [9.17, 15) is 0 Å². The largest absolute Gasteiger partial charge is 0.410 e. The Balaban J connectivity index is 2.03. The molecule has 0 unspecified atom stereocenters. The summed E-state index contributed by atoms with van der Waals surface area (Å²) in [5.74, 6) is 0.309. The molecule has 0 bridgehead atoms. The van der Waals surface area contributed by atoms with Gasteiger partial charge in [-0.15, -0.1) is 10.2 Å². The maximum absolute atomic E-state index is 6.49. The number of thiol groups is 1. The minimum absolute atomic E-state index is 0.182. The first-order valence-electron chi connectivity index (χ1n) is 8.34. The second-order valence-electron chi connectivity index (χ2n) is 5.93. The third-order valence-corrected chi connectivity index (χ3v) is 5.46. The highest BCUT2D eigenvalue weighted by molar-refractivity contribution is 9.10. The third kappa shape index (κ3) is 3.59. The van der Waals surface area contributed by atoms with Gasteiger partial charge in [-0.05, 0) is 36.8 Å². The Hall–Kier alpha value is -1.80. The summed E-state index contributed by atoms with van der Waals surface area (Å²) in [6, 6.07) is 13.3. The highest BCUT2D eigenvalue weighted by Gasteiger charge is 2.24. The van der Waals surface area contributed by atoms with E-state index in [0.29, 0.717) is 33.7 Å². The lowest BCUT2D eigenvalue weighted by Crippen LogP contribution is -2.01. The summed E-state index contributed by atoms with van der Waals surface area (Å²) >= 11 is 20.2. The molecule has 0 N–H and O–H groups in total. The molecule has 4 rings (SSSR count). The molecule has 0 aliphatic heterocycles. The molecule has 2 aromatic carbocycles. The van der Waals surface area contributed by atoms with Gasteiger partial charge in [0, 0.05) is 20.6 Å². The van der Waals surface area contributed by atoms with Gasteiger partial charge in [0.2, 0.25) is 0 Å². The summed E-state index contributed by atoms with van der Waals surface area (Å²) in [5, 5.41) is 13.9. The smallest absolute Gasteiger partial charge is 0.273 e. The van der Waals surface area contributed by atoms with Gasteiger partial charge in [0.1, 0.15) is 0 Å². The number of benzene rings is 2. The van der Waals surface area contributed by atoms with Gasteiger partial charge in [-0.2, -0.15) is 5.10 Å². The van der Waals surface area contributed by atoms with Gasteiger partial charge in [0.25, 0.3) is 11.1 Å². The molecule has 0 saturated heterocycles. The molecule has 2 aromatic heterocycles. The second kappa shape index (κ2) is 7.91. The van der Waals surface area contributed by atoms with Crippen molar-refractivity contribution in [1.29, 1.82) is 0 Å². The topological polar surface area (TPSA) is 56.7 Å². The summed E-state index contributed by atoms with van der Waals surface area (Å²) in [6.45, 7) is 2.05. The van der Waals surface area contributed by atoms with Crippen molar-refractivity contribution in [3.05, 3.63) is 62.5 Å². The molecule has 0 aliphatic carbocycles. The fourth-order valence-electron chi connectivity index (χ4n) is 3.00. The Morgan fingerprint density at radius 2 is 1.86 bits per heavy atom. The molecule has 28 heavy (non-hydrogen) atoms. The molecule has 2 heterocycles. The molecule has 0 spiro atoms. The molecule has 0 saturated carbocycles. The first kappa shape index (κ1) is 19.5. The Labute approximate surface area is 185 Å². The quantitative estimate of drug-likeness (QED) is 0.328. The zero-order valence-corrected chi connectivity index (χ0v) is 18.5. The summed E-state index contributed by atoms with van der Waals surface area (Å²) in [5.41, 5.74) is 4.14. The van der Waals surface area contributed by atoms with E-state index >= 15 is 0 Å². The Morgan fingerprint density at radius 3 is 2.46 bits per heavy atom. The van der Waals surface area contributed by atoms with Crippen LogP contribution in [-0.4, -0.2) is 20.0 Å². The molecule has 4 aromatic rings. The lowest BCUT2D eigenvalue weighted by atomic mass is 10.0. The fourth-order valence-corrected chi connectivity index (χ4v) is 3.88. The van der Waals surface area contributed by atoms with Gasteiger partial charge in [-0.3, -0.25) is 0 Å². The van der Waals surface area contributed by atoms with E-state index in [-0.39, 0.29) is 5.22 Å². The summed E-state index contributed by atoms with van der Waals surface area (Å²) < 4.78 is 8.30.